The van der Waals surface area contributed by atoms with Crippen LogP contribution in [0.3, 0.4) is 0 Å². The lowest BCUT2D eigenvalue weighted by atomic mass is 9.99. The average molecular weight is 328 g/mol. The monoisotopic (exact) mass is 327 g/mol. The van der Waals surface area contributed by atoms with E-state index in [1.165, 1.54) is 0 Å². The van der Waals surface area contributed by atoms with Crippen molar-refractivity contribution in [1.82, 2.24) is 4.90 Å². The lowest BCUT2D eigenvalue weighted by Crippen LogP contribution is -2.43. The fraction of sp³-hybridized carbons (Fsp3) is 0.500. The highest BCUT2D eigenvalue weighted by Crippen LogP contribution is 2.27. The van der Waals surface area contributed by atoms with E-state index >= 15 is 0 Å². The molecule has 2 rings (SSSR count). The molecule has 18 heavy (non-hydrogen) atoms. The van der Waals surface area contributed by atoms with Gasteiger partial charge in [-0.25, -0.2) is 0 Å². The lowest BCUT2D eigenvalue weighted by molar-refractivity contribution is 0.0687. The van der Waals surface area contributed by atoms with Gasteiger partial charge in [0.2, 0.25) is 0 Å². The summed E-state index contributed by atoms with van der Waals surface area (Å²) in [5, 5.41) is 0. The van der Waals surface area contributed by atoms with Gasteiger partial charge in [0.05, 0.1) is 5.56 Å². The Labute approximate surface area is 121 Å². The molecule has 0 N–H and O–H groups in total. The number of alkyl halides is 1. The summed E-state index contributed by atoms with van der Waals surface area (Å²) in [7, 11) is 0. The van der Waals surface area contributed by atoms with Crippen molar-refractivity contribution in [2.24, 2.45) is 5.92 Å². The van der Waals surface area contributed by atoms with Crippen LogP contribution in [0.2, 0.25) is 0 Å². The van der Waals surface area contributed by atoms with Gasteiger partial charge < -0.3 is 4.90 Å². The Morgan fingerprint density at radius 2 is 2.17 bits per heavy atom. The van der Waals surface area contributed by atoms with Crippen molar-refractivity contribution in [3.8, 4) is 0 Å². The Balaban J connectivity index is 2.16. The van der Waals surface area contributed by atoms with Gasteiger partial charge in [0.25, 0.3) is 5.91 Å². The van der Waals surface area contributed by atoms with Crippen molar-refractivity contribution in [2.75, 3.05) is 19.3 Å². The van der Waals surface area contributed by atoms with Gasteiger partial charge in [0, 0.05) is 22.8 Å². The van der Waals surface area contributed by atoms with Crippen molar-refractivity contribution in [3.63, 3.8) is 0 Å². The maximum Gasteiger partial charge on any atom is 0.254 e. The van der Waals surface area contributed by atoms with Crippen LogP contribution in [0.1, 0.15) is 23.7 Å². The molecule has 0 radical (unpaired) electrons. The van der Waals surface area contributed by atoms with Gasteiger partial charge >= 0.3 is 0 Å². The first-order chi connectivity index (χ1) is 8.63. The zero-order valence-corrected chi connectivity index (χ0v) is 13.1. The number of halogens is 1. The first kappa shape index (κ1) is 13.9. The summed E-state index contributed by atoms with van der Waals surface area (Å²) in [5.41, 5.74) is 0.838. The lowest BCUT2D eigenvalue weighted by Gasteiger charge is -2.34. The summed E-state index contributed by atoms with van der Waals surface area (Å²) in [5.74, 6) is 0.690. The number of benzene rings is 1. The predicted octanol–water partition coefficient (Wildman–Crippen LogP) is 3.65. The predicted molar refractivity (Wildman–Crippen MR) is 80.6 cm³/mol. The molecule has 1 aliphatic rings. The van der Waals surface area contributed by atoms with Gasteiger partial charge in [-0.2, -0.15) is 0 Å². The molecule has 98 valence electrons. The Hall–Kier alpha value is -0.480. The zero-order valence-electron chi connectivity index (χ0n) is 10.7. The molecule has 1 aliphatic heterocycles. The first-order valence-electron chi connectivity index (χ1n) is 6.20. The van der Waals surface area contributed by atoms with Crippen molar-refractivity contribution in [1.29, 1.82) is 0 Å². The van der Waals surface area contributed by atoms with Crippen LogP contribution in [0.15, 0.2) is 29.2 Å². The van der Waals surface area contributed by atoms with Crippen LogP contribution >= 0.6 is 27.7 Å². The van der Waals surface area contributed by atoms with E-state index in [2.05, 4.69) is 22.9 Å². The molecule has 0 aliphatic carbocycles. The minimum Gasteiger partial charge on any atom is -0.338 e. The molecule has 2 atom stereocenters. The molecule has 2 unspecified atom stereocenters. The quantitative estimate of drug-likeness (QED) is 0.610. The van der Waals surface area contributed by atoms with Crippen molar-refractivity contribution < 1.29 is 4.79 Å². The number of likely N-dealkylation sites (tertiary alicyclic amines) is 1. The maximum atomic E-state index is 12.5. The van der Waals surface area contributed by atoms with E-state index in [0.717, 1.165) is 30.0 Å². The zero-order chi connectivity index (χ0) is 13.1. The third-order valence-corrected chi connectivity index (χ3v) is 5.58. The second-order valence-electron chi connectivity index (χ2n) is 4.73. The summed E-state index contributed by atoms with van der Waals surface area (Å²) in [4.78, 5) is 16.1. The topological polar surface area (TPSA) is 20.3 Å². The van der Waals surface area contributed by atoms with Gasteiger partial charge in [-0.1, -0.05) is 35.0 Å². The van der Waals surface area contributed by atoms with E-state index in [1.807, 2.05) is 35.4 Å². The number of nitrogens with zero attached hydrogens (tertiary/aromatic N) is 1. The molecule has 0 saturated carbocycles. The Bertz CT molecular complexity index is 438. The van der Waals surface area contributed by atoms with E-state index in [-0.39, 0.29) is 5.91 Å². The largest absolute Gasteiger partial charge is 0.338 e. The Morgan fingerprint density at radius 1 is 1.44 bits per heavy atom. The van der Waals surface area contributed by atoms with Gasteiger partial charge in [-0.05, 0) is 30.7 Å². The summed E-state index contributed by atoms with van der Waals surface area (Å²) in [6.45, 7) is 3.89. The van der Waals surface area contributed by atoms with Gasteiger partial charge in [-0.3, -0.25) is 4.79 Å². The van der Waals surface area contributed by atoms with E-state index in [0.29, 0.717) is 10.7 Å². The molecule has 1 aromatic carbocycles. The first-order valence-corrected chi connectivity index (χ1v) is 8.34. The van der Waals surface area contributed by atoms with Crippen molar-refractivity contribution in [3.05, 3.63) is 29.8 Å². The second-order valence-corrected chi connectivity index (χ2v) is 6.76. The molecule has 1 amide bonds. The van der Waals surface area contributed by atoms with Crippen molar-refractivity contribution >= 4 is 33.6 Å². The fourth-order valence-corrected chi connectivity index (χ4v) is 3.25. The maximum absolute atomic E-state index is 12.5. The number of thioether (sulfide) groups is 1. The molecule has 0 spiro atoms. The van der Waals surface area contributed by atoms with Crippen molar-refractivity contribution in [2.45, 2.75) is 23.1 Å². The smallest absolute Gasteiger partial charge is 0.254 e. The van der Waals surface area contributed by atoms with Gasteiger partial charge in [0.15, 0.2) is 0 Å². The summed E-state index contributed by atoms with van der Waals surface area (Å²) in [6.07, 6.45) is 3.05. The number of carbonyl (C=O) groups excluding carboxylic acids is 1. The highest BCUT2D eigenvalue weighted by Gasteiger charge is 2.28. The summed E-state index contributed by atoms with van der Waals surface area (Å²) in [6, 6.07) is 7.86. The van der Waals surface area contributed by atoms with Crippen LogP contribution in [0.4, 0.5) is 0 Å². The standard InChI is InChI=1S/C14H18BrNOS/c1-10-9-16(8-7-12(10)15)14(17)11-5-3-4-6-13(11)18-2/h3-6,10,12H,7-9H2,1-2H3. The summed E-state index contributed by atoms with van der Waals surface area (Å²) < 4.78 is 0. The molecule has 1 fully saturated rings. The van der Waals surface area contributed by atoms with Crippen LogP contribution in [-0.4, -0.2) is 35.0 Å². The van der Waals surface area contributed by atoms with Gasteiger partial charge in [0.1, 0.15) is 0 Å². The van der Waals surface area contributed by atoms with Crippen LogP contribution in [-0.2, 0) is 0 Å². The third kappa shape index (κ3) is 2.91. The number of carbonyl (C=O) groups is 1. The van der Waals surface area contributed by atoms with E-state index < -0.39 is 0 Å². The van der Waals surface area contributed by atoms with Crippen LogP contribution in [0.5, 0.6) is 0 Å². The van der Waals surface area contributed by atoms with E-state index in [1.54, 1.807) is 11.8 Å². The molecule has 2 nitrogen and oxygen atoms in total. The highest BCUT2D eigenvalue weighted by molar-refractivity contribution is 9.09. The third-order valence-electron chi connectivity index (χ3n) is 3.43. The molecule has 0 bridgehead atoms. The molecule has 0 aromatic heterocycles. The Kier molecular flexibility index (Phi) is 4.73. The number of rotatable bonds is 2. The van der Waals surface area contributed by atoms with Gasteiger partial charge in [-0.15, -0.1) is 11.8 Å². The Morgan fingerprint density at radius 3 is 2.83 bits per heavy atom. The number of piperidine rings is 1. The van der Waals surface area contributed by atoms with Crippen LogP contribution in [0, 0.1) is 5.92 Å². The molecular weight excluding hydrogens is 310 g/mol. The van der Waals surface area contributed by atoms with E-state index in [9.17, 15) is 4.79 Å². The molecule has 4 heteroatoms. The van der Waals surface area contributed by atoms with Crippen LogP contribution < -0.4 is 0 Å². The normalized spacial score (nSPS) is 24.1. The van der Waals surface area contributed by atoms with E-state index in [4.69, 9.17) is 0 Å². The number of hydrogen-bond acceptors (Lipinski definition) is 2. The second kappa shape index (κ2) is 6.11. The average Bonchev–Trinajstić information content (AvgIpc) is 2.41. The minimum absolute atomic E-state index is 0.172. The SMILES string of the molecule is CSc1ccccc1C(=O)N1CCC(Br)C(C)C1. The van der Waals surface area contributed by atoms with Crippen LogP contribution in [0.25, 0.3) is 0 Å². The minimum atomic E-state index is 0.172. The highest BCUT2D eigenvalue weighted by atomic mass is 79.9. The molecular formula is C14H18BrNOS. The molecule has 1 heterocycles. The molecule has 1 aromatic rings. The number of hydrogen-bond donors (Lipinski definition) is 0. The molecule has 1 saturated heterocycles. The number of amides is 1. The summed E-state index contributed by atoms with van der Waals surface area (Å²) >= 11 is 5.30. The fourth-order valence-electron chi connectivity index (χ4n) is 2.29.